The van der Waals surface area contributed by atoms with Crippen molar-refractivity contribution in [1.29, 1.82) is 0 Å². The molecule has 5 heteroatoms. The summed E-state index contributed by atoms with van der Waals surface area (Å²) in [5.74, 6) is -0.282. The Morgan fingerprint density at radius 2 is 2.00 bits per heavy atom. The van der Waals surface area contributed by atoms with Crippen molar-refractivity contribution in [3.05, 3.63) is 47.2 Å². The number of anilines is 1. The molecule has 18 heavy (non-hydrogen) atoms. The first-order valence-electron chi connectivity index (χ1n) is 5.25. The number of hydrogen-bond acceptors (Lipinski definition) is 3. The molecule has 1 aromatic heterocycles. The molecule has 0 amide bonds. The van der Waals surface area contributed by atoms with Crippen molar-refractivity contribution >= 4 is 38.8 Å². The van der Waals surface area contributed by atoms with Crippen molar-refractivity contribution in [1.82, 2.24) is 4.98 Å². The summed E-state index contributed by atoms with van der Waals surface area (Å²) in [7, 11) is 0. The molecule has 0 fully saturated rings. The van der Waals surface area contributed by atoms with Gasteiger partial charge in [0.1, 0.15) is 10.8 Å². The molecule has 0 unspecified atom stereocenters. The highest BCUT2D eigenvalue weighted by molar-refractivity contribution is 7.21. The normalized spacial score (nSPS) is 11.0. The number of aromatic nitrogens is 1. The van der Waals surface area contributed by atoms with Crippen LogP contribution >= 0.6 is 22.9 Å². The number of hydrogen-bond donors (Lipinski definition) is 1. The largest absolute Gasteiger partial charge is 0.398 e. The van der Waals surface area contributed by atoms with E-state index in [1.807, 2.05) is 6.07 Å². The fourth-order valence-corrected chi connectivity index (χ4v) is 2.76. The van der Waals surface area contributed by atoms with Gasteiger partial charge in [0.2, 0.25) is 0 Å². The van der Waals surface area contributed by atoms with Crippen molar-refractivity contribution < 1.29 is 4.39 Å². The second-order valence-electron chi connectivity index (χ2n) is 3.87. The lowest BCUT2D eigenvalue weighted by Gasteiger charge is -2.00. The maximum atomic E-state index is 13.1. The summed E-state index contributed by atoms with van der Waals surface area (Å²) in [4.78, 5) is 4.39. The third-order valence-electron chi connectivity index (χ3n) is 2.59. The lowest BCUT2D eigenvalue weighted by Crippen LogP contribution is -1.86. The van der Waals surface area contributed by atoms with Gasteiger partial charge in [0.25, 0.3) is 0 Å². The zero-order valence-corrected chi connectivity index (χ0v) is 10.7. The molecule has 0 radical (unpaired) electrons. The summed E-state index contributed by atoms with van der Waals surface area (Å²) in [5.41, 5.74) is 7.82. The van der Waals surface area contributed by atoms with Crippen LogP contribution in [0, 0.1) is 5.82 Å². The molecule has 0 atom stereocenters. The highest BCUT2D eigenvalue weighted by atomic mass is 35.5. The topological polar surface area (TPSA) is 38.9 Å². The molecule has 0 saturated carbocycles. The van der Waals surface area contributed by atoms with Gasteiger partial charge in [0.05, 0.1) is 20.9 Å². The summed E-state index contributed by atoms with van der Waals surface area (Å²) in [6.45, 7) is 0. The lowest BCUT2D eigenvalue weighted by atomic mass is 10.2. The fourth-order valence-electron chi connectivity index (χ4n) is 1.70. The molecule has 3 rings (SSSR count). The predicted octanol–water partition coefficient (Wildman–Crippen LogP) is 4.34. The van der Waals surface area contributed by atoms with Crippen molar-refractivity contribution in [2.45, 2.75) is 0 Å². The van der Waals surface area contributed by atoms with Crippen LogP contribution in [0.15, 0.2) is 36.4 Å². The second kappa shape index (κ2) is 4.23. The summed E-state index contributed by atoms with van der Waals surface area (Å²) in [6.07, 6.45) is 0. The van der Waals surface area contributed by atoms with E-state index >= 15 is 0 Å². The van der Waals surface area contributed by atoms with Gasteiger partial charge >= 0.3 is 0 Å². The maximum Gasteiger partial charge on any atom is 0.125 e. The molecule has 90 valence electrons. The lowest BCUT2D eigenvalue weighted by molar-refractivity contribution is 0.629. The van der Waals surface area contributed by atoms with E-state index in [1.54, 1.807) is 18.2 Å². The van der Waals surface area contributed by atoms with E-state index in [-0.39, 0.29) is 5.82 Å². The predicted molar refractivity (Wildman–Crippen MR) is 74.4 cm³/mol. The van der Waals surface area contributed by atoms with Crippen LogP contribution in [0.25, 0.3) is 20.8 Å². The van der Waals surface area contributed by atoms with Crippen molar-refractivity contribution in [2.24, 2.45) is 0 Å². The van der Waals surface area contributed by atoms with Crippen LogP contribution in [0.2, 0.25) is 5.02 Å². The molecule has 2 nitrogen and oxygen atoms in total. The number of nitrogen functional groups attached to an aromatic ring is 1. The Hall–Kier alpha value is -1.65. The number of rotatable bonds is 1. The minimum Gasteiger partial charge on any atom is -0.398 e. The monoisotopic (exact) mass is 278 g/mol. The van der Waals surface area contributed by atoms with Crippen LogP contribution in [-0.2, 0) is 0 Å². The third kappa shape index (κ3) is 1.94. The van der Waals surface area contributed by atoms with E-state index in [1.165, 1.54) is 23.5 Å². The number of benzene rings is 2. The van der Waals surface area contributed by atoms with Gasteiger partial charge in [-0.1, -0.05) is 17.7 Å². The molecule has 0 spiro atoms. The Morgan fingerprint density at radius 3 is 2.78 bits per heavy atom. The van der Waals surface area contributed by atoms with Crippen LogP contribution < -0.4 is 5.73 Å². The van der Waals surface area contributed by atoms with E-state index in [9.17, 15) is 4.39 Å². The SMILES string of the molecule is Nc1cc(-c2nc3cc(F)ccc3s2)ccc1Cl. The number of thiazole rings is 1. The van der Waals surface area contributed by atoms with Crippen LogP contribution in [0.5, 0.6) is 0 Å². The Balaban J connectivity index is 2.16. The number of halogens is 2. The van der Waals surface area contributed by atoms with Gasteiger partial charge in [-0.15, -0.1) is 11.3 Å². The van der Waals surface area contributed by atoms with Crippen molar-refractivity contribution in [2.75, 3.05) is 5.73 Å². The number of nitrogens with zero attached hydrogens (tertiary/aromatic N) is 1. The zero-order valence-electron chi connectivity index (χ0n) is 9.15. The van der Waals surface area contributed by atoms with Gasteiger partial charge in [-0.2, -0.15) is 0 Å². The molecule has 3 aromatic rings. The minimum absolute atomic E-state index is 0.282. The van der Waals surface area contributed by atoms with E-state index in [0.29, 0.717) is 16.2 Å². The molecule has 0 aliphatic heterocycles. The molecular weight excluding hydrogens is 271 g/mol. The van der Waals surface area contributed by atoms with Crippen LogP contribution in [0.4, 0.5) is 10.1 Å². The quantitative estimate of drug-likeness (QED) is 0.673. The van der Waals surface area contributed by atoms with Crippen LogP contribution in [0.3, 0.4) is 0 Å². The van der Waals surface area contributed by atoms with Crippen molar-refractivity contribution in [3.63, 3.8) is 0 Å². The molecule has 0 aliphatic carbocycles. The summed E-state index contributed by atoms with van der Waals surface area (Å²) in [6, 6.07) is 9.95. The van der Waals surface area contributed by atoms with Gasteiger partial charge in [0.15, 0.2) is 0 Å². The molecule has 2 aromatic carbocycles. The molecule has 0 bridgehead atoms. The smallest absolute Gasteiger partial charge is 0.125 e. The van der Waals surface area contributed by atoms with E-state index in [0.717, 1.165) is 15.3 Å². The Kier molecular flexibility index (Phi) is 2.69. The molecular formula is C13H8ClFN2S. The second-order valence-corrected chi connectivity index (χ2v) is 5.31. The summed E-state index contributed by atoms with van der Waals surface area (Å²) >= 11 is 7.37. The van der Waals surface area contributed by atoms with Crippen LogP contribution in [-0.4, -0.2) is 4.98 Å². The van der Waals surface area contributed by atoms with Gasteiger partial charge < -0.3 is 5.73 Å². The molecule has 2 N–H and O–H groups in total. The molecule has 1 heterocycles. The van der Waals surface area contributed by atoms with Crippen LogP contribution in [0.1, 0.15) is 0 Å². The first kappa shape index (κ1) is 11.4. The molecule has 0 saturated heterocycles. The Morgan fingerprint density at radius 1 is 1.17 bits per heavy atom. The van der Waals surface area contributed by atoms with Gasteiger partial charge in [-0.05, 0) is 24.3 Å². The minimum atomic E-state index is -0.282. The van der Waals surface area contributed by atoms with Gasteiger partial charge in [-0.3, -0.25) is 0 Å². The van der Waals surface area contributed by atoms with Gasteiger partial charge in [0, 0.05) is 11.6 Å². The first-order valence-corrected chi connectivity index (χ1v) is 6.44. The van der Waals surface area contributed by atoms with Gasteiger partial charge in [-0.25, -0.2) is 9.37 Å². The fraction of sp³-hybridized carbons (Fsp3) is 0. The highest BCUT2D eigenvalue weighted by Gasteiger charge is 2.08. The van der Waals surface area contributed by atoms with E-state index in [2.05, 4.69) is 4.98 Å². The van der Waals surface area contributed by atoms with E-state index < -0.39 is 0 Å². The summed E-state index contributed by atoms with van der Waals surface area (Å²) < 4.78 is 14.0. The zero-order chi connectivity index (χ0) is 12.7. The summed E-state index contributed by atoms with van der Waals surface area (Å²) in [5, 5.41) is 1.32. The third-order valence-corrected chi connectivity index (χ3v) is 4.02. The Labute approximate surface area is 112 Å². The molecule has 0 aliphatic rings. The maximum absolute atomic E-state index is 13.1. The average Bonchev–Trinajstić information content (AvgIpc) is 2.75. The standard InChI is InChI=1S/C13H8ClFN2S/c14-9-3-1-7(5-10(9)16)13-17-11-6-8(15)2-4-12(11)18-13/h1-6H,16H2. The Bertz CT molecular complexity index is 739. The number of fused-ring (bicyclic) bond motifs is 1. The van der Waals surface area contributed by atoms with Crippen molar-refractivity contribution in [3.8, 4) is 10.6 Å². The first-order chi connectivity index (χ1) is 8.63. The van der Waals surface area contributed by atoms with E-state index in [4.69, 9.17) is 17.3 Å². The number of nitrogens with two attached hydrogens (primary N) is 1. The average molecular weight is 279 g/mol. The highest BCUT2D eigenvalue weighted by Crippen LogP contribution is 2.32.